The number of aromatic carboxylic acids is 1. The molecule has 1 aromatic heterocycles. The minimum atomic E-state index is -0.936. The lowest BCUT2D eigenvalue weighted by atomic mass is 9.97. The predicted octanol–water partition coefficient (Wildman–Crippen LogP) is 0.545. The van der Waals surface area contributed by atoms with Crippen LogP contribution >= 0.6 is 0 Å². The van der Waals surface area contributed by atoms with Crippen LogP contribution in [0.1, 0.15) is 21.5 Å². The zero-order chi connectivity index (χ0) is 19.0. The van der Waals surface area contributed by atoms with Crippen molar-refractivity contribution in [3.8, 4) is 5.88 Å². The van der Waals surface area contributed by atoms with Gasteiger partial charge in [0.25, 0.3) is 0 Å². The number of rotatable bonds is 3. The molecule has 2 aromatic rings. The second kappa shape index (κ2) is 6.67. The SMILES string of the molecule is Nc1nc(N)c2c(n1)OC1(COCCN(Cc3ccccc3C(=O)O)C1)C2. The third kappa shape index (κ3) is 3.38. The molecule has 0 radical (unpaired) electrons. The molecule has 3 heterocycles. The number of fused-ring (bicyclic) bond motifs is 1. The predicted molar refractivity (Wildman–Crippen MR) is 97.4 cm³/mol. The number of anilines is 2. The molecular formula is C18H21N5O4. The number of carboxylic acids is 1. The molecule has 0 bridgehead atoms. The van der Waals surface area contributed by atoms with Crippen LogP contribution in [0.4, 0.5) is 11.8 Å². The van der Waals surface area contributed by atoms with Crippen LogP contribution in [0.15, 0.2) is 24.3 Å². The van der Waals surface area contributed by atoms with Crippen molar-refractivity contribution < 1.29 is 19.4 Å². The summed E-state index contributed by atoms with van der Waals surface area (Å²) in [6.07, 6.45) is 0.519. The van der Waals surface area contributed by atoms with Gasteiger partial charge < -0.3 is 26.0 Å². The van der Waals surface area contributed by atoms with E-state index >= 15 is 0 Å². The Bertz CT molecular complexity index is 890. The van der Waals surface area contributed by atoms with Gasteiger partial charge in [-0.2, -0.15) is 9.97 Å². The highest BCUT2D eigenvalue weighted by Crippen LogP contribution is 2.38. The van der Waals surface area contributed by atoms with Gasteiger partial charge in [-0.3, -0.25) is 4.90 Å². The summed E-state index contributed by atoms with van der Waals surface area (Å²) in [5.74, 6) is -0.141. The van der Waals surface area contributed by atoms with Gasteiger partial charge in [-0.05, 0) is 11.6 Å². The maximum atomic E-state index is 11.5. The van der Waals surface area contributed by atoms with Crippen LogP contribution in [-0.2, 0) is 17.7 Å². The fourth-order valence-electron chi connectivity index (χ4n) is 3.71. The van der Waals surface area contributed by atoms with E-state index in [0.29, 0.717) is 56.5 Å². The summed E-state index contributed by atoms with van der Waals surface area (Å²) in [5, 5.41) is 9.42. The van der Waals surface area contributed by atoms with Crippen LogP contribution in [-0.4, -0.2) is 57.8 Å². The summed E-state index contributed by atoms with van der Waals surface area (Å²) in [5.41, 5.74) is 12.8. The first-order valence-corrected chi connectivity index (χ1v) is 8.68. The number of nitrogen functional groups attached to an aromatic ring is 2. The third-order valence-electron chi connectivity index (χ3n) is 4.90. The third-order valence-corrected chi connectivity index (χ3v) is 4.90. The van der Waals surface area contributed by atoms with E-state index in [2.05, 4.69) is 14.9 Å². The van der Waals surface area contributed by atoms with E-state index in [1.54, 1.807) is 12.1 Å². The van der Waals surface area contributed by atoms with Crippen LogP contribution in [0.3, 0.4) is 0 Å². The molecule has 9 heteroatoms. The molecule has 0 saturated carbocycles. The van der Waals surface area contributed by atoms with Crippen LogP contribution < -0.4 is 16.2 Å². The monoisotopic (exact) mass is 371 g/mol. The van der Waals surface area contributed by atoms with Gasteiger partial charge in [-0.25, -0.2) is 4.79 Å². The minimum Gasteiger partial charge on any atom is -0.478 e. The summed E-state index contributed by atoms with van der Waals surface area (Å²) in [7, 11) is 0. The Balaban J connectivity index is 1.58. The van der Waals surface area contributed by atoms with Crippen molar-refractivity contribution >= 4 is 17.7 Å². The van der Waals surface area contributed by atoms with Crippen molar-refractivity contribution in [2.45, 2.75) is 18.6 Å². The van der Waals surface area contributed by atoms with Gasteiger partial charge in [-0.1, -0.05) is 18.2 Å². The van der Waals surface area contributed by atoms with Gasteiger partial charge >= 0.3 is 5.97 Å². The first-order valence-electron chi connectivity index (χ1n) is 8.68. The first kappa shape index (κ1) is 17.5. The van der Waals surface area contributed by atoms with Gasteiger partial charge in [0.1, 0.15) is 5.82 Å². The Hall–Kier alpha value is -2.91. The smallest absolute Gasteiger partial charge is 0.336 e. The van der Waals surface area contributed by atoms with Crippen molar-refractivity contribution in [1.82, 2.24) is 14.9 Å². The highest BCUT2D eigenvalue weighted by atomic mass is 16.6. The van der Waals surface area contributed by atoms with Gasteiger partial charge in [0.05, 0.1) is 24.3 Å². The van der Waals surface area contributed by atoms with Crippen molar-refractivity contribution in [2.24, 2.45) is 0 Å². The molecule has 1 fully saturated rings. The van der Waals surface area contributed by atoms with Gasteiger partial charge in [0.15, 0.2) is 5.60 Å². The van der Waals surface area contributed by atoms with Crippen LogP contribution in [0, 0.1) is 0 Å². The number of carboxylic acid groups (broad SMARTS) is 1. The molecular weight excluding hydrogens is 350 g/mol. The molecule has 2 aliphatic rings. The maximum absolute atomic E-state index is 11.5. The van der Waals surface area contributed by atoms with E-state index in [-0.39, 0.29) is 5.95 Å². The zero-order valence-corrected chi connectivity index (χ0v) is 14.7. The normalized spacial score (nSPS) is 22.2. The zero-order valence-electron chi connectivity index (χ0n) is 14.7. The average Bonchev–Trinajstić information content (AvgIpc) is 2.85. The number of carbonyl (C=O) groups is 1. The number of benzene rings is 1. The fourth-order valence-corrected chi connectivity index (χ4v) is 3.71. The average molecular weight is 371 g/mol. The summed E-state index contributed by atoms with van der Waals surface area (Å²) in [6, 6.07) is 7.01. The van der Waals surface area contributed by atoms with Gasteiger partial charge in [-0.15, -0.1) is 0 Å². The van der Waals surface area contributed by atoms with E-state index in [4.69, 9.17) is 20.9 Å². The van der Waals surface area contributed by atoms with E-state index in [1.807, 2.05) is 12.1 Å². The minimum absolute atomic E-state index is 0.0741. The van der Waals surface area contributed by atoms with Gasteiger partial charge in [0, 0.05) is 26.1 Å². The summed E-state index contributed by atoms with van der Waals surface area (Å²) in [4.78, 5) is 21.8. The molecule has 1 atom stereocenters. The number of nitrogens with two attached hydrogens (primary N) is 2. The molecule has 5 N–H and O–H groups in total. The number of ether oxygens (including phenoxy) is 2. The molecule has 1 spiro atoms. The molecule has 0 aliphatic carbocycles. The fraction of sp³-hybridized carbons (Fsp3) is 0.389. The second-order valence-corrected chi connectivity index (χ2v) is 6.94. The van der Waals surface area contributed by atoms with Crippen LogP contribution in [0.2, 0.25) is 0 Å². The molecule has 4 rings (SSSR count). The molecule has 1 saturated heterocycles. The Morgan fingerprint density at radius 2 is 2.11 bits per heavy atom. The summed E-state index contributed by atoms with van der Waals surface area (Å²) in [6.45, 7) is 2.62. The molecule has 0 amide bonds. The molecule has 1 unspecified atom stereocenters. The number of nitrogens with zero attached hydrogens (tertiary/aromatic N) is 3. The number of hydrogen-bond donors (Lipinski definition) is 3. The molecule has 2 aliphatic heterocycles. The highest BCUT2D eigenvalue weighted by molar-refractivity contribution is 5.89. The maximum Gasteiger partial charge on any atom is 0.336 e. The Morgan fingerprint density at radius 1 is 1.30 bits per heavy atom. The molecule has 27 heavy (non-hydrogen) atoms. The number of aromatic nitrogens is 2. The topological polar surface area (TPSA) is 137 Å². The Morgan fingerprint density at radius 3 is 2.93 bits per heavy atom. The van der Waals surface area contributed by atoms with Crippen molar-refractivity contribution in [2.75, 3.05) is 37.8 Å². The lowest BCUT2D eigenvalue weighted by Gasteiger charge is -2.31. The number of hydrogen-bond acceptors (Lipinski definition) is 8. The second-order valence-electron chi connectivity index (χ2n) is 6.94. The highest BCUT2D eigenvalue weighted by Gasteiger charge is 2.44. The summed E-state index contributed by atoms with van der Waals surface area (Å²) >= 11 is 0. The lowest BCUT2D eigenvalue weighted by molar-refractivity contribution is -0.00266. The van der Waals surface area contributed by atoms with E-state index in [1.165, 1.54) is 0 Å². The van der Waals surface area contributed by atoms with Crippen molar-refractivity contribution in [3.05, 3.63) is 41.0 Å². The van der Waals surface area contributed by atoms with Crippen molar-refractivity contribution in [1.29, 1.82) is 0 Å². The van der Waals surface area contributed by atoms with E-state index in [0.717, 1.165) is 11.1 Å². The van der Waals surface area contributed by atoms with Crippen molar-refractivity contribution in [3.63, 3.8) is 0 Å². The molecule has 142 valence electrons. The quantitative estimate of drug-likeness (QED) is 0.706. The van der Waals surface area contributed by atoms with E-state index < -0.39 is 11.6 Å². The Labute approximate surface area is 155 Å². The molecule has 9 nitrogen and oxygen atoms in total. The van der Waals surface area contributed by atoms with Crippen LogP contribution in [0.5, 0.6) is 5.88 Å². The van der Waals surface area contributed by atoms with Crippen LogP contribution in [0.25, 0.3) is 0 Å². The summed E-state index contributed by atoms with van der Waals surface area (Å²) < 4.78 is 11.9. The first-order chi connectivity index (χ1) is 13.0. The lowest BCUT2D eigenvalue weighted by Crippen LogP contribution is -2.48. The Kier molecular flexibility index (Phi) is 4.33. The molecule has 1 aromatic carbocycles. The van der Waals surface area contributed by atoms with E-state index in [9.17, 15) is 9.90 Å². The van der Waals surface area contributed by atoms with Gasteiger partial charge in [0.2, 0.25) is 11.8 Å². The standard InChI is InChI=1S/C18H21N5O4/c19-14-13-7-18(27-15(13)22-17(20)21-14)9-23(5-6-26-10-18)8-11-3-1-2-4-12(11)16(24)25/h1-4H,5-10H2,(H,24,25)(H4,19,20,21,22). The largest absolute Gasteiger partial charge is 0.478 e.